The van der Waals surface area contributed by atoms with Gasteiger partial charge in [0.25, 0.3) is 0 Å². The topological polar surface area (TPSA) is 127 Å². The third-order valence-corrected chi connectivity index (χ3v) is 5.44. The molecule has 1 saturated heterocycles. The second kappa shape index (κ2) is 11.2. The van der Waals surface area contributed by atoms with Gasteiger partial charge in [0.2, 0.25) is 0 Å². The molecule has 0 saturated carbocycles. The monoisotopic (exact) mass is 496 g/mol. The van der Waals surface area contributed by atoms with Gasteiger partial charge in [-0.2, -0.15) is 0 Å². The van der Waals surface area contributed by atoms with Crippen molar-refractivity contribution in [3.05, 3.63) is 47.7 Å². The molecule has 1 aromatic carbocycles. The van der Waals surface area contributed by atoms with E-state index in [1.165, 1.54) is 13.1 Å². The summed E-state index contributed by atoms with van der Waals surface area (Å²) in [6.07, 6.45) is 3.18. The normalized spacial score (nSPS) is 15.6. The summed E-state index contributed by atoms with van der Waals surface area (Å²) in [5.74, 6) is -1.11. The van der Waals surface area contributed by atoms with E-state index in [1.807, 2.05) is 0 Å². The number of aryl methyl sites for hydroxylation is 1. The number of likely N-dealkylation sites (tertiary alicyclic amines) is 1. The number of pyridine rings is 1. The number of esters is 1. The SMILES string of the molecule is CC(=O)Oc1ccc([C@@H]2CCCCN2C(=O)C(=O)Nc2cnc(NC(=O)OC(C)(C)C)c(C)c2)cc1. The van der Waals surface area contributed by atoms with Gasteiger partial charge < -0.3 is 19.7 Å². The van der Waals surface area contributed by atoms with Gasteiger partial charge in [0.1, 0.15) is 17.2 Å². The third-order valence-electron chi connectivity index (χ3n) is 5.44. The third kappa shape index (κ3) is 7.27. The molecule has 0 bridgehead atoms. The van der Waals surface area contributed by atoms with Gasteiger partial charge in [0, 0.05) is 13.5 Å². The average Bonchev–Trinajstić information content (AvgIpc) is 2.79. The number of nitrogens with one attached hydrogen (secondary N) is 2. The van der Waals surface area contributed by atoms with Crippen LogP contribution in [0.2, 0.25) is 0 Å². The number of piperidine rings is 1. The Bertz CT molecular complexity index is 1140. The van der Waals surface area contributed by atoms with Crippen molar-refractivity contribution in [2.24, 2.45) is 0 Å². The summed E-state index contributed by atoms with van der Waals surface area (Å²) in [5.41, 5.74) is 1.14. The minimum atomic E-state index is -0.771. The van der Waals surface area contributed by atoms with Crippen LogP contribution in [0, 0.1) is 6.92 Å². The molecule has 3 amide bonds. The van der Waals surface area contributed by atoms with E-state index in [4.69, 9.17) is 9.47 Å². The molecule has 0 unspecified atom stereocenters. The van der Waals surface area contributed by atoms with E-state index in [-0.39, 0.29) is 6.04 Å². The fourth-order valence-electron chi connectivity index (χ4n) is 3.93. The highest BCUT2D eigenvalue weighted by Crippen LogP contribution is 2.32. The molecule has 36 heavy (non-hydrogen) atoms. The largest absolute Gasteiger partial charge is 0.444 e. The molecule has 10 nitrogen and oxygen atoms in total. The highest BCUT2D eigenvalue weighted by Gasteiger charge is 2.32. The van der Waals surface area contributed by atoms with Crippen molar-refractivity contribution in [3.63, 3.8) is 0 Å². The molecular weight excluding hydrogens is 464 g/mol. The van der Waals surface area contributed by atoms with E-state index >= 15 is 0 Å². The first-order valence-corrected chi connectivity index (χ1v) is 11.8. The van der Waals surface area contributed by atoms with Crippen molar-refractivity contribution in [2.45, 2.75) is 65.5 Å². The van der Waals surface area contributed by atoms with Crippen LogP contribution in [0.1, 0.15) is 64.1 Å². The summed E-state index contributed by atoms with van der Waals surface area (Å²) < 4.78 is 10.3. The Labute approximate surface area is 210 Å². The summed E-state index contributed by atoms with van der Waals surface area (Å²) in [6, 6.07) is 8.31. The molecule has 0 spiro atoms. The molecular formula is C26H32N4O6. The van der Waals surface area contributed by atoms with Gasteiger partial charge in [0.05, 0.1) is 17.9 Å². The van der Waals surface area contributed by atoms with E-state index in [0.717, 1.165) is 24.8 Å². The molecule has 192 valence electrons. The lowest BCUT2D eigenvalue weighted by Gasteiger charge is -2.35. The summed E-state index contributed by atoms with van der Waals surface area (Å²) in [6.45, 7) is 8.78. The molecule has 1 atom stereocenters. The molecule has 1 aliphatic rings. The average molecular weight is 497 g/mol. The van der Waals surface area contributed by atoms with E-state index < -0.39 is 29.5 Å². The first-order valence-electron chi connectivity index (χ1n) is 11.8. The number of carbonyl (C=O) groups excluding carboxylic acids is 4. The molecule has 1 aliphatic heterocycles. The molecule has 2 heterocycles. The van der Waals surface area contributed by atoms with Crippen molar-refractivity contribution in [3.8, 4) is 5.75 Å². The number of benzene rings is 1. The molecule has 0 aliphatic carbocycles. The molecule has 2 N–H and O–H groups in total. The lowest BCUT2D eigenvalue weighted by atomic mass is 9.95. The second-order valence-corrected chi connectivity index (χ2v) is 9.64. The maximum absolute atomic E-state index is 13.1. The van der Waals surface area contributed by atoms with E-state index in [9.17, 15) is 19.2 Å². The van der Waals surface area contributed by atoms with Gasteiger partial charge in [-0.15, -0.1) is 0 Å². The van der Waals surface area contributed by atoms with Crippen LogP contribution in [0.5, 0.6) is 5.75 Å². The van der Waals surface area contributed by atoms with Gasteiger partial charge in [-0.1, -0.05) is 12.1 Å². The number of anilines is 2. The molecule has 1 fully saturated rings. The number of hydrogen-bond donors (Lipinski definition) is 2. The van der Waals surface area contributed by atoms with Crippen LogP contribution in [-0.2, 0) is 19.1 Å². The predicted molar refractivity (Wildman–Crippen MR) is 134 cm³/mol. The van der Waals surface area contributed by atoms with Gasteiger partial charge in [0.15, 0.2) is 0 Å². The van der Waals surface area contributed by atoms with E-state index in [1.54, 1.807) is 62.9 Å². The number of amides is 3. The van der Waals surface area contributed by atoms with Crippen LogP contribution in [0.25, 0.3) is 0 Å². The van der Waals surface area contributed by atoms with Crippen molar-refractivity contribution in [1.29, 1.82) is 0 Å². The van der Waals surface area contributed by atoms with Crippen LogP contribution in [0.15, 0.2) is 36.5 Å². The van der Waals surface area contributed by atoms with Crippen molar-refractivity contribution >= 4 is 35.4 Å². The van der Waals surface area contributed by atoms with Gasteiger partial charge >= 0.3 is 23.9 Å². The Kier molecular flexibility index (Phi) is 8.29. The van der Waals surface area contributed by atoms with Crippen LogP contribution in [-0.4, -0.2) is 45.9 Å². The van der Waals surface area contributed by atoms with Gasteiger partial charge in [-0.3, -0.25) is 19.7 Å². The first-order chi connectivity index (χ1) is 16.9. The van der Waals surface area contributed by atoms with Crippen molar-refractivity contribution < 1.29 is 28.7 Å². The maximum Gasteiger partial charge on any atom is 0.413 e. The first kappa shape index (κ1) is 26.7. The number of hydrogen-bond acceptors (Lipinski definition) is 7. The molecule has 0 radical (unpaired) electrons. The van der Waals surface area contributed by atoms with Crippen LogP contribution >= 0.6 is 0 Å². The van der Waals surface area contributed by atoms with Crippen molar-refractivity contribution in [2.75, 3.05) is 17.2 Å². The van der Waals surface area contributed by atoms with Crippen LogP contribution < -0.4 is 15.4 Å². The summed E-state index contributed by atoms with van der Waals surface area (Å²) >= 11 is 0. The highest BCUT2D eigenvalue weighted by molar-refractivity contribution is 6.39. The molecule has 2 aromatic rings. The second-order valence-electron chi connectivity index (χ2n) is 9.64. The van der Waals surface area contributed by atoms with Crippen LogP contribution in [0.4, 0.5) is 16.3 Å². The molecule has 10 heteroatoms. The Hall–Kier alpha value is -3.95. The number of carbonyl (C=O) groups is 4. The van der Waals surface area contributed by atoms with E-state index in [0.29, 0.717) is 29.4 Å². The minimum Gasteiger partial charge on any atom is -0.444 e. The Balaban J connectivity index is 1.67. The highest BCUT2D eigenvalue weighted by atomic mass is 16.6. The Morgan fingerprint density at radius 3 is 2.36 bits per heavy atom. The Morgan fingerprint density at radius 1 is 1.06 bits per heavy atom. The number of ether oxygens (including phenoxy) is 2. The number of rotatable bonds is 4. The van der Waals surface area contributed by atoms with Crippen molar-refractivity contribution in [1.82, 2.24) is 9.88 Å². The summed E-state index contributed by atoms with van der Waals surface area (Å²) in [7, 11) is 0. The van der Waals surface area contributed by atoms with Gasteiger partial charge in [-0.25, -0.2) is 9.78 Å². The van der Waals surface area contributed by atoms with Crippen LogP contribution in [0.3, 0.4) is 0 Å². The van der Waals surface area contributed by atoms with Gasteiger partial charge in [-0.05, 0) is 76.3 Å². The number of nitrogens with zero attached hydrogens (tertiary/aromatic N) is 2. The fraction of sp³-hybridized carbons (Fsp3) is 0.423. The zero-order valence-corrected chi connectivity index (χ0v) is 21.2. The lowest BCUT2D eigenvalue weighted by molar-refractivity contribution is -0.145. The molecule has 3 rings (SSSR count). The zero-order valence-electron chi connectivity index (χ0n) is 21.2. The summed E-state index contributed by atoms with van der Waals surface area (Å²) in [5, 5.41) is 5.18. The standard InChI is InChI=1S/C26H32N4O6/c1-16-14-19(15-27-22(16)29-25(34)36-26(3,4)5)28-23(32)24(33)30-13-7-6-8-21(30)18-9-11-20(12-10-18)35-17(2)31/h9-12,14-15,21H,6-8,13H2,1-5H3,(H,28,32)(H,27,29,34)/t21-/m0/s1. The lowest BCUT2D eigenvalue weighted by Crippen LogP contribution is -2.44. The zero-order chi connectivity index (χ0) is 26.5. The smallest absolute Gasteiger partial charge is 0.413 e. The maximum atomic E-state index is 13.1. The summed E-state index contributed by atoms with van der Waals surface area (Å²) in [4.78, 5) is 54.8. The fourth-order valence-corrected chi connectivity index (χ4v) is 3.93. The quantitative estimate of drug-likeness (QED) is 0.366. The predicted octanol–water partition coefficient (Wildman–Crippen LogP) is 4.35. The number of aromatic nitrogens is 1. The Morgan fingerprint density at radius 2 is 1.75 bits per heavy atom. The minimum absolute atomic E-state index is 0.261. The van der Waals surface area contributed by atoms with E-state index in [2.05, 4.69) is 15.6 Å². The molecule has 1 aromatic heterocycles.